The number of aryl methyl sites for hydroxylation is 1. The van der Waals surface area contributed by atoms with E-state index < -0.39 is 0 Å². The molecule has 0 aliphatic carbocycles. The zero-order valence-electron chi connectivity index (χ0n) is 12.1. The zero-order valence-corrected chi connectivity index (χ0v) is 12.9. The van der Waals surface area contributed by atoms with E-state index >= 15 is 0 Å². The van der Waals surface area contributed by atoms with E-state index in [1.807, 2.05) is 54.0 Å². The summed E-state index contributed by atoms with van der Waals surface area (Å²) in [5, 5.41) is 0. The third-order valence-electron chi connectivity index (χ3n) is 3.41. The monoisotopic (exact) mass is 306 g/mol. The molecule has 0 radical (unpaired) electrons. The smallest absolute Gasteiger partial charge is 0.279 e. The average molecular weight is 306 g/mol. The molecule has 0 bridgehead atoms. The Morgan fingerprint density at radius 1 is 1.23 bits per heavy atom. The Morgan fingerprint density at radius 3 is 2.73 bits per heavy atom. The lowest BCUT2D eigenvalue weighted by atomic mass is 10.1. The minimum Gasteiger partial charge on any atom is -0.305 e. The van der Waals surface area contributed by atoms with Gasteiger partial charge in [-0.15, -0.1) is 6.42 Å². The summed E-state index contributed by atoms with van der Waals surface area (Å²) in [4.78, 5) is 17.4. The molecule has 1 aromatic heterocycles. The second-order valence-corrected chi connectivity index (χ2v) is 5.88. The molecule has 0 aliphatic heterocycles. The third-order valence-corrected chi connectivity index (χ3v) is 4.47. The van der Waals surface area contributed by atoms with Crippen molar-refractivity contribution < 1.29 is 4.79 Å². The van der Waals surface area contributed by atoms with Gasteiger partial charge in [0.25, 0.3) is 5.91 Å². The highest BCUT2D eigenvalue weighted by molar-refractivity contribution is 7.16. The Morgan fingerprint density at radius 2 is 1.95 bits per heavy atom. The first kappa shape index (κ1) is 14.3. The molecule has 0 spiro atoms. The molecule has 0 aliphatic rings. The van der Waals surface area contributed by atoms with Gasteiger partial charge >= 0.3 is 0 Å². The topological polar surface area (TPSA) is 34.4 Å². The lowest BCUT2D eigenvalue weighted by molar-refractivity contribution is 0.0997. The van der Waals surface area contributed by atoms with Crippen LogP contribution in [0.3, 0.4) is 0 Å². The van der Waals surface area contributed by atoms with E-state index in [1.165, 1.54) is 11.3 Å². The van der Waals surface area contributed by atoms with Crippen molar-refractivity contribution >= 4 is 27.5 Å². The van der Waals surface area contributed by atoms with Gasteiger partial charge in [-0.25, -0.2) is 0 Å². The van der Waals surface area contributed by atoms with Gasteiger partial charge in [0, 0.05) is 5.56 Å². The number of hydrogen-bond acceptors (Lipinski definition) is 2. The minimum atomic E-state index is -0.240. The van der Waals surface area contributed by atoms with Crippen LogP contribution in [0.25, 0.3) is 10.2 Å². The van der Waals surface area contributed by atoms with Crippen LogP contribution in [0.2, 0.25) is 0 Å². The molecule has 3 rings (SSSR count). The van der Waals surface area contributed by atoms with E-state index in [-0.39, 0.29) is 5.91 Å². The van der Waals surface area contributed by atoms with Crippen LogP contribution in [0.4, 0.5) is 0 Å². The number of carbonyl (C=O) groups is 1. The van der Waals surface area contributed by atoms with E-state index in [0.717, 1.165) is 15.8 Å². The van der Waals surface area contributed by atoms with Crippen LogP contribution < -0.4 is 4.80 Å². The number of thiazole rings is 1. The molecule has 0 fully saturated rings. The standard InChI is InChI=1S/C18H14N2OS/c1-3-12-20-15-10-6-7-11-16(15)22-18(20)19-17(21)14-9-5-4-8-13(14)2/h1,4-11H,12H2,2H3. The SMILES string of the molecule is C#CCn1c(=NC(=O)c2ccccc2C)sc2ccccc21. The van der Waals surface area contributed by atoms with E-state index in [9.17, 15) is 4.79 Å². The number of terminal acetylenes is 1. The number of para-hydroxylation sites is 1. The summed E-state index contributed by atoms with van der Waals surface area (Å²) in [6, 6.07) is 15.4. The number of rotatable bonds is 2. The fourth-order valence-corrected chi connectivity index (χ4v) is 3.34. The van der Waals surface area contributed by atoms with Gasteiger partial charge in [0.15, 0.2) is 4.80 Å². The fourth-order valence-electron chi connectivity index (χ4n) is 2.31. The molecule has 3 nitrogen and oxygen atoms in total. The maximum Gasteiger partial charge on any atom is 0.279 e. The molecule has 0 saturated carbocycles. The highest BCUT2D eigenvalue weighted by Crippen LogP contribution is 2.17. The maximum absolute atomic E-state index is 12.4. The van der Waals surface area contributed by atoms with Gasteiger partial charge in [-0.3, -0.25) is 4.79 Å². The number of hydrogen-bond donors (Lipinski definition) is 0. The summed E-state index contributed by atoms with van der Waals surface area (Å²) in [5.74, 6) is 2.39. The molecule has 0 saturated heterocycles. The zero-order chi connectivity index (χ0) is 15.5. The second-order valence-electron chi connectivity index (χ2n) is 4.87. The normalized spacial score (nSPS) is 11.5. The molecular weight excluding hydrogens is 292 g/mol. The van der Waals surface area contributed by atoms with Gasteiger partial charge in [-0.2, -0.15) is 4.99 Å². The number of aromatic nitrogens is 1. The summed E-state index contributed by atoms with van der Waals surface area (Å²) >= 11 is 1.47. The van der Waals surface area contributed by atoms with Crippen molar-refractivity contribution in [3.8, 4) is 12.3 Å². The van der Waals surface area contributed by atoms with Crippen LogP contribution in [0, 0.1) is 19.3 Å². The molecule has 2 aromatic carbocycles. The fraction of sp³-hybridized carbons (Fsp3) is 0.111. The average Bonchev–Trinajstić information content (AvgIpc) is 2.86. The minimum absolute atomic E-state index is 0.240. The highest BCUT2D eigenvalue weighted by Gasteiger charge is 2.09. The molecule has 0 N–H and O–H groups in total. The molecule has 3 aromatic rings. The van der Waals surface area contributed by atoms with Crippen molar-refractivity contribution in [2.24, 2.45) is 4.99 Å². The first-order valence-electron chi connectivity index (χ1n) is 6.87. The Labute approximate surface area is 132 Å². The van der Waals surface area contributed by atoms with Gasteiger partial charge in [0.1, 0.15) is 0 Å². The number of fused-ring (bicyclic) bond motifs is 1. The Balaban J connectivity index is 2.17. The molecule has 4 heteroatoms. The van der Waals surface area contributed by atoms with Gasteiger partial charge in [0.2, 0.25) is 0 Å². The summed E-state index contributed by atoms with van der Waals surface area (Å²) in [6.07, 6.45) is 5.45. The van der Waals surface area contributed by atoms with E-state index in [0.29, 0.717) is 16.9 Å². The third kappa shape index (κ3) is 2.59. The van der Waals surface area contributed by atoms with Crippen molar-refractivity contribution in [1.29, 1.82) is 0 Å². The van der Waals surface area contributed by atoms with E-state index in [4.69, 9.17) is 6.42 Å². The molecule has 1 heterocycles. The van der Waals surface area contributed by atoms with Gasteiger partial charge < -0.3 is 4.57 Å². The van der Waals surface area contributed by atoms with Crippen molar-refractivity contribution in [2.75, 3.05) is 0 Å². The summed E-state index contributed by atoms with van der Waals surface area (Å²) in [6.45, 7) is 2.30. The van der Waals surface area contributed by atoms with Gasteiger partial charge in [0.05, 0.1) is 16.8 Å². The predicted molar refractivity (Wildman–Crippen MR) is 89.7 cm³/mol. The van der Waals surface area contributed by atoms with Gasteiger partial charge in [-0.05, 0) is 30.7 Å². The number of carbonyl (C=O) groups excluding carboxylic acids is 1. The van der Waals surface area contributed by atoms with E-state index in [1.54, 1.807) is 6.07 Å². The second kappa shape index (κ2) is 6.00. The first-order valence-corrected chi connectivity index (χ1v) is 7.69. The van der Waals surface area contributed by atoms with Gasteiger partial charge in [-0.1, -0.05) is 47.6 Å². The van der Waals surface area contributed by atoms with Crippen LogP contribution in [-0.4, -0.2) is 10.5 Å². The lowest BCUT2D eigenvalue weighted by Gasteiger charge is -2.01. The van der Waals surface area contributed by atoms with Crippen LogP contribution in [0.15, 0.2) is 53.5 Å². The lowest BCUT2D eigenvalue weighted by Crippen LogP contribution is -2.16. The Bertz CT molecular complexity index is 957. The van der Waals surface area contributed by atoms with Crippen molar-refractivity contribution in [3.05, 3.63) is 64.5 Å². The first-order chi connectivity index (χ1) is 10.7. The Kier molecular flexibility index (Phi) is 3.90. The van der Waals surface area contributed by atoms with Crippen molar-refractivity contribution in [2.45, 2.75) is 13.5 Å². The molecule has 1 amide bonds. The molecule has 22 heavy (non-hydrogen) atoms. The predicted octanol–water partition coefficient (Wildman–Crippen LogP) is 3.39. The van der Waals surface area contributed by atoms with Crippen LogP contribution >= 0.6 is 11.3 Å². The van der Waals surface area contributed by atoms with Crippen LogP contribution in [0.1, 0.15) is 15.9 Å². The largest absolute Gasteiger partial charge is 0.305 e. The quantitative estimate of drug-likeness (QED) is 0.668. The number of nitrogens with zero attached hydrogens (tertiary/aromatic N) is 2. The summed E-state index contributed by atoms with van der Waals surface area (Å²) < 4.78 is 2.96. The molecule has 0 atom stereocenters. The summed E-state index contributed by atoms with van der Waals surface area (Å²) in [7, 11) is 0. The molecule has 0 unspecified atom stereocenters. The van der Waals surface area contributed by atoms with Crippen LogP contribution in [0.5, 0.6) is 0 Å². The number of benzene rings is 2. The van der Waals surface area contributed by atoms with Crippen molar-refractivity contribution in [1.82, 2.24) is 4.57 Å². The summed E-state index contributed by atoms with van der Waals surface area (Å²) in [5.41, 5.74) is 2.54. The highest BCUT2D eigenvalue weighted by atomic mass is 32.1. The van der Waals surface area contributed by atoms with Crippen molar-refractivity contribution in [3.63, 3.8) is 0 Å². The van der Waals surface area contributed by atoms with Crippen LogP contribution in [-0.2, 0) is 6.54 Å². The maximum atomic E-state index is 12.4. The molecular formula is C18H14N2OS. The van der Waals surface area contributed by atoms with E-state index in [2.05, 4.69) is 10.9 Å². The number of amides is 1. The molecule has 108 valence electrons. The Hall–Kier alpha value is -2.64.